The van der Waals surface area contributed by atoms with E-state index in [0.717, 1.165) is 17.5 Å². The summed E-state index contributed by atoms with van der Waals surface area (Å²) in [5.41, 5.74) is 2.05. The van der Waals surface area contributed by atoms with Crippen molar-refractivity contribution >= 4 is 23.2 Å². The van der Waals surface area contributed by atoms with E-state index < -0.39 is 10.8 Å². The van der Waals surface area contributed by atoms with Crippen LogP contribution in [0.25, 0.3) is 11.4 Å². The maximum absolute atomic E-state index is 12.3. The monoisotopic (exact) mass is 371 g/mol. The molecule has 0 fully saturated rings. The molecule has 0 aliphatic heterocycles. The van der Waals surface area contributed by atoms with Gasteiger partial charge in [-0.3, -0.25) is 24.6 Å². The van der Waals surface area contributed by atoms with E-state index in [1.807, 2.05) is 24.3 Å². The van der Waals surface area contributed by atoms with Crippen molar-refractivity contribution in [2.45, 2.75) is 6.54 Å². The first-order valence-corrected chi connectivity index (χ1v) is 8.00. The fourth-order valence-corrected chi connectivity index (χ4v) is 2.64. The summed E-state index contributed by atoms with van der Waals surface area (Å²) >= 11 is 5.98. The largest absolute Gasteiger partial charge is 0.346 e. The van der Waals surface area contributed by atoms with Gasteiger partial charge < -0.3 is 5.32 Å². The fourth-order valence-electron chi connectivity index (χ4n) is 2.43. The molecule has 0 aliphatic carbocycles. The standard InChI is InChI=1S/C17H14ClN5O3/c1-22-16(15-4-2-3-7-19-15)8-11(21-22)10-20-17(24)13-9-12(23(25)26)5-6-14(13)18/h2-9H,10H2,1H3,(H,20,24). The third-order valence-corrected chi connectivity index (χ3v) is 4.02. The summed E-state index contributed by atoms with van der Waals surface area (Å²) in [6.45, 7) is 0.151. The molecule has 26 heavy (non-hydrogen) atoms. The van der Waals surface area contributed by atoms with Crippen LogP contribution in [0, 0.1) is 10.1 Å². The van der Waals surface area contributed by atoms with Crippen molar-refractivity contribution in [1.82, 2.24) is 20.1 Å². The average Bonchev–Trinajstić information content (AvgIpc) is 3.01. The Labute approximate surface area is 153 Å². The first-order chi connectivity index (χ1) is 12.5. The van der Waals surface area contributed by atoms with Crippen molar-refractivity contribution in [2.24, 2.45) is 7.05 Å². The number of carbonyl (C=O) groups excluding carboxylic acids is 1. The van der Waals surface area contributed by atoms with Crippen LogP contribution in [0.3, 0.4) is 0 Å². The quantitative estimate of drug-likeness (QED) is 0.548. The van der Waals surface area contributed by atoms with Gasteiger partial charge >= 0.3 is 0 Å². The zero-order chi connectivity index (χ0) is 18.7. The Morgan fingerprint density at radius 1 is 1.31 bits per heavy atom. The Morgan fingerprint density at radius 2 is 2.12 bits per heavy atom. The molecule has 1 amide bonds. The molecule has 8 nitrogen and oxygen atoms in total. The van der Waals surface area contributed by atoms with Crippen molar-refractivity contribution in [3.05, 3.63) is 75.1 Å². The van der Waals surface area contributed by atoms with Gasteiger partial charge in [0.05, 0.1) is 39.1 Å². The molecule has 0 saturated heterocycles. The molecule has 9 heteroatoms. The highest BCUT2D eigenvalue weighted by molar-refractivity contribution is 6.33. The second kappa shape index (κ2) is 7.32. The van der Waals surface area contributed by atoms with Crippen LogP contribution in [-0.4, -0.2) is 25.6 Å². The van der Waals surface area contributed by atoms with Crippen molar-refractivity contribution in [2.75, 3.05) is 0 Å². The number of rotatable bonds is 5. The number of nitro benzene ring substituents is 1. The lowest BCUT2D eigenvalue weighted by Gasteiger charge is -2.05. The number of non-ortho nitro benzene ring substituents is 1. The third-order valence-electron chi connectivity index (χ3n) is 3.69. The SMILES string of the molecule is Cn1nc(CNC(=O)c2cc([N+](=O)[O-])ccc2Cl)cc1-c1ccccn1. The van der Waals surface area contributed by atoms with Crippen LogP contribution in [0.4, 0.5) is 5.69 Å². The van der Waals surface area contributed by atoms with Crippen LogP contribution in [0.1, 0.15) is 16.1 Å². The zero-order valence-corrected chi connectivity index (χ0v) is 14.5. The summed E-state index contributed by atoms with van der Waals surface area (Å²) < 4.78 is 1.67. The highest BCUT2D eigenvalue weighted by Gasteiger charge is 2.16. The Hall–Kier alpha value is -3.26. The Balaban J connectivity index is 1.75. The van der Waals surface area contributed by atoms with Gasteiger partial charge in [0.25, 0.3) is 11.6 Å². The Morgan fingerprint density at radius 3 is 2.81 bits per heavy atom. The Kier molecular flexibility index (Phi) is 4.94. The molecule has 0 saturated carbocycles. The van der Waals surface area contributed by atoms with Crippen LogP contribution >= 0.6 is 11.6 Å². The van der Waals surface area contributed by atoms with Gasteiger partial charge in [-0.15, -0.1) is 0 Å². The van der Waals surface area contributed by atoms with Crippen LogP contribution in [0.5, 0.6) is 0 Å². The minimum absolute atomic E-state index is 0.0433. The number of aromatic nitrogens is 3. The summed E-state index contributed by atoms with van der Waals surface area (Å²) in [6.07, 6.45) is 1.69. The predicted octanol–water partition coefficient (Wildman–Crippen LogP) is 2.97. The molecule has 0 aliphatic rings. The van der Waals surface area contributed by atoms with Gasteiger partial charge in [0.2, 0.25) is 0 Å². The number of pyridine rings is 1. The lowest BCUT2D eigenvalue weighted by Crippen LogP contribution is -2.23. The van der Waals surface area contributed by atoms with E-state index in [4.69, 9.17) is 11.6 Å². The van der Waals surface area contributed by atoms with E-state index in [2.05, 4.69) is 15.4 Å². The second-order valence-corrected chi connectivity index (χ2v) is 5.87. The number of carbonyl (C=O) groups is 1. The molecule has 2 heterocycles. The van der Waals surface area contributed by atoms with Crippen molar-refractivity contribution in [3.8, 4) is 11.4 Å². The van der Waals surface area contributed by atoms with Gasteiger partial charge in [-0.1, -0.05) is 17.7 Å². The van der Waals surface area contributed by atoms with E-state index >= 15 is 0 Å². The molecule has 0 unspecified atom stereocenters. The molecule has 3 aromatic rings. The molecule has 3 rings (SSSR count). The predicted molar refractivity (Wildman–Crippen MR) is 95.7 cm³/mol. The molecule has 1 N–H and O–H groups in total. The molecule has 132 valence electrons. The minimum atomic E-state index is -0.578. The lowest BCUT2D eigenvalue weighted by atomic mass is 10.2. The number of hydrogen-bond acceptors (Lipinski definition) is 5. The second-order valence-electron chi connectivity index (χ2n) is 5.46. The highest BCUT2D eigenvalue weighted by Crippen LogP contribution is 2.22. The normalized spacial score (nSPS) is 10.5. The smallest absolute Gasteiger partial charge is 0.270 e. The number of hydrogen-bond donors (Lipinski definition) is 1. The highest BCUT2D eigenvalue weighted by atomic mass is 35.5. The topological polar surface area (TPSA) is 103 Å². The number of aryl methyl sites for hydroxylation is 1. The van der Waals surface area contributed by atoms with E-state index in [1.54, 1.807) is 17.9 Å². The average molecular weight is 372 g/mol. The number of halogens is 1. The van der Waals surface area contributed by atoms with Gasteiger partial charge in [-0.25, -0.2) is 0 Å². The van der Waals surface area contributed by atoms with E-state index in [0.29, 0.717) is 5.69 Å². The van der Waals surface area contributed by atoms with Gasteiger partial charge in [0.1, 0.15) is 0 Å². The maximum Gasteiger partial charge on any atom is 0.270 e. The van der Waals surface area contributed by atoms with Crippen LogP contribution in [0.2, 0.25) is 5.02 Å². The van der Waals surface area contributed by atoms with Crippen molar-refractivity contribution < 1.29 is 9.72 Å². The summed E-state index contributed by atoms with van der Waals surface area (Å²) in [7, 11) is 1.78. The molecule has 0 radical (unpaired) electrons. The number of amides is 1. The molecular weight excluding hydrogens is 358 g/mol. The zero-order valence-electron chi connectivity index (χ0n) is 13.7. The molecule has 0 spiro atoms. The van der Waals surface area contributed by atoms with Crippen LogP contribution in [0.15, 0.2) is 48.7 Å². The minimum Gasteiger partial charge on any atom is -0.346 e. The number of nitrogens with one attached hydrogen (secondary N) is 1. The Bertz CT molecular complexity index is 972. The van der Waals surface area contributed by atoms with Gasteiger partial charge in [-0.05, 0) is 24.3 Å². The maximum atomic E-state index is 12.3. The summed E-state index contributed by atoms with van der Waals surface area (Å²) in [5, 5.41) is 18.0. The van der Waals surface area contributed by atoms with E-state index in [-0.39, 0.29) is 22.8 Å². The summed E-state index contributed by atoms with van der Waals surface area (Å²) in [5.74, 6) is -0.510. The van der Waals surface area contributed by atoms with Gasteiger partial charge in [0, 0.05) is 25.4 Å². The number of nitrogens with zero attached hydrogens (tertiary/aromatic N) is 4. The molecule has 1 aromatic carbocycles. The first-order valence-electron chi connectivity index (χ1n) is 7.62. The first kappa shape index (κ1) is 17.6. The molecular formula is C17H14ClN5O3. The third kappa shape index (κ3) is 3.70. The van der Waals surface area contributed by atoms with E-state index in [1.165, 1.54) is 12.1 Å². The lowest BCUT2D eigenvalue weighted by molar-refractivity contribution is -0.384. The van der Waals surface area contributed by atoms with Gasteiger partial charge in [-0.2, -0.15) is 5.10 Å². The molecule has 0 bridgehead atoms. The molecule has 0 atom stereocenters. The summed E-state index contributed by atoms with van der Waals surface area (Å²) in [6, 6.07) is 11.1. The number of benzene rings is 1. The van der Waals surface area contributed by atoms with E-state index in [9.17, 15) is 14.9 Å². The summed E-state index contributed by atoms with van der Waals surface area (Å²) in [4.78, 5) is 26.9. The van der Waals surface area contributed by atoms with Gasteiger partial charge in [0.15, 0.2) is 0 Å². The van der Waals surface area contributed by atoms with Crippen LogP contribution < -0.4 is 5.32 Å². The molecule has 2 aromatic heterocycles. The number of nitro groups is 1. The van der Waals surface area contributed by atoms with Crippen molar-refractivity contribution in [3.63, 3.8) is 0 Å². The van der Waals surface area contributed by atoms with Crippen molar-refractivity contribution in [1.29, 1.82) is 0 Å². The van der Waals surface area contributed by atoms with Crippen LogP contribution in [-0.2, 0) is 13.6 Å². The fraction of sp³-hybridized carbons (Fsp3) is 0.118.